The molecule has 154 valence electrons. The minimum atomic E-state index is -0.904. The fourth-order valence-corrected chi connectivity index (χ4v) is 4.08. The van der Waals surface area contributed by atoms with E-state index in [-0.39, 0.29) is 12.4 Å². The van der Waals surface area contributed by atoms with Crippen LogP contribution < -0.4 is 10.9 Å². The molecule has 0 radical (unpaired) electrons. The predicted octanol–water partition coefficient (Wildman–Crippen LogP) is 2.05. The van der Waals surface area contributed by atoms with Crippen molar-refractivity contribution in [3.05, 3.63) is 21.9 Å². The molecule has 2 N–H and O–H groups in total. The SMILES string of the molecule is CCCCOC(=O)NC12CCC(CCn3c1nc(C(=O)OCC)c(O)c3=O)C2. The molecule has 3 rings (SSSR count). The van der Waals surface area contributed by atoms with Crippen molar-refractivity contribution >= 4 is 12.1 Å². The molecule has 1 aliphatic carbocycles. The number of fused-ring (bicyclic) bond motifs is 4. The molecule has 1 saturated carbocycles. The van der Waals surface area contributed by atoms with Gasteiger partial charge in [-0.1, -0.05) is 13.3 Å². The Morgan fingerprint density at radius 1 is 1.32 bits per heavy atom. The van der Waals surface area contributed by atoms with Crippen LogP contribution in [0.1, 0.15) is 68.7 Å². The summed E-state index contributed by atoms with van der Waals surface area (Å²) in [5, 5.41) is 13.1. The number of carbonyl (C=O) groups excluding carboxylic acids is 2. The lowest BCUT2D eigenvalue weighted by Gasteiger charge is -2.31. The van der Waals surface area contributed by atoms with Crippen LogP contribution in [0.5, 0.6) is 5.75 Å². The van der Waals surface area contributed by atoms with Gasteiger partial charge in [0.25, 0.3) is 5.56 Å². The molecule has 2 bridgehead atoms. The van der Waals surface area contributed by atoms with E-state index in [1.54, 1.807) is 6.92 Å². The van der Waals surface area contributed by atoms with E-state index in [2.05, 4.69) is 10.3 Å². The summed E-state index contributed by atoms with van der Waals surface area (Å²) in [5.41, 5.74) is -2.01. The molecule has 1 aromatic rings. The Kier molecular flexibility index (Phi) is 5.90. The fraction of sp³-hybridized carbons (Fsp3) is 0.684. The normalized spacial score (nSPS) is 22.9. The Labute approximate surface area is 163 Å². The first-order valence-electron chi connectivity index (χ1n) is 9.88. The van der Waals surface area contributed by atoms with Gasteiger partial charge in [0, 0.05) is 6.54 Å². The molecular weight excluding hydrogens is 366 g/mol. The van der Waals surface area contributed by atoms with Crippen LogP contribution in [0.4, 0.5) is 4.79 Å². The van der Waals surface area contributed by atoms with Crippen molar-refractivity contribution in [3.8, 4) is 5.75 Å². The molecule has 2 heterocycles. The Bertz CT molecular complexity index is 821. The van der Waals surface area contributed by atoms with Gasteiger partial charge in [-0.3, -0.25) is 9.36 Å². The predicted molar refractivity (Wildman–Crippen MR) is 99.1 cm³/mol. The highest BCUT2D eigenvalue weighted by Crippen LogP contribution is 2.45. The minimum Gasteiger partial charge on any atom is -0.501 e. The number of nitrogens with one attached hydrogen (secondary N) is 1. The lowest BCUT2D eigenvalue weighted by Crippen LogP contribution is -2.48. The number of hydrogen-bond donors (Lipinski definition) is 2. The molecule has 1 aliphatic heterocycles. The van der Waals surface area contributed by atoms with Crippen LogP contribution >= 0.6 is 0 Å². The van der Waals surface area contributed by atoms with Gasteiger partial charge in [0.05, 0.1) is 13.2 Å². The van der Waals surface area contributed by atoms with Crippen LogP contribution in [-0.4, -0.2) is 39.9 Å². The van der Waals surface area contributed by atoms with Crippen molar-refractivity contribution in [1.82, 2.24) is 14.9 Å². The third-order valence-electron chi connectivity index (χ3n) is 5.49. The number of carbonyl (C=O) groups is 2. The highest BCUT2D eigenvalue weighted by Gasteiger charge is 2.48. The van der Waals surface area contributed by atoms with E-state index in [0.29, 0.717) is 31.9 Å². The molecule has 2 atom stereocenters. The van der Waals surface area contributed by atoms with Gasteiger partial charge < -0.3 is 19.9 Å². The first-order chi connectivity index (χ1) is 13.4. The van der Waals surface area contributed by atoms with Crippen LogP contribution in [0, 0.1) is 5.92 Å². The van der Waals surface area contributed by atoms with Crippen LogP contribution in [0.2, 0.25) is 0 Å². The molecule has 9 nitrogen and oxygen atoms in total. The number of nitrogens with zero attached hydrogens (tertiary/aromatic N) is 2. The summed E-state index contributed by atoms with van der Waals surface area (Å²) < 4.78 is 11.5. The molecular formula is C19H27N3O6. The van der Waals surface area contributed by atoms with Crippen molar-refractivity contribution in [2.75, 3.05) is 13.2 Å². The van der Waals surface area contributed by atoms with Crippen LogP contribution in [0.15, 0.2) is 4.79 Å². The van der Waals surface area contributed by atoms with E-state index in [9.17, 15) is 19.5 Å². The highest BCUT2D eigenvalue weighted by atomic mass is 16.5. The van der Waals surface area contributed by atoms with Gasteiger partial charge in [0.1, 0.15) is 11.4 Å². The molecule has 1 amide bonds. The third-order valence-corrected chi connectivity index (χ3v) is 5.49. The zero-order chi connectivity index (χ0) is 20.3. The fourth-order valence-electron chi connectivity index (χ4n) is 4.08. The van der Waals surface area contributed by atoms with Gasteiger partial charge in [-0.15, -0.1) is 0 Å². The van der Waals surface area contributed by atoms with E-state index in [1.807, 2.05) is 6.92 Å². The standard InChI is InChI=1S/C19H27N3O6/c1-3-5-10-28-18(26)21-19-8-6-12(11-19)7-9-22-15(24)14(23)13(20-17(19)22)16(25)27-4-2/h12,23H,3-11H2,1-2H3,(H,21,26). The number of ether oxygens (including phenoxy) is 2. The van der Waals surface area contributed by atoms with Gasteiger partial charge in [0.15, 0.2) is 5.69 Å². The highest BCUT2D eigenvalue weighted by molar-refractivity contribution is 5.90. The molecule has 0 aromatic carbocycles. The molecule has 28 heavy (non-hydrogen) atoms. The number of amides is 1. The van der Waals surface area contributed by atoms with E-state index in [0.717, 1.165) is 25.7 Å². The van der Waals surface area contributed by atoms with Gasteiger partial charge in [-0.2, -0.15) is 0 Å². The van der Waals surface area contributed by atoms with Crippen LogP contribution in [0.25, 0.3) is 0 Å². The number of unbranched alkanes of at least 4 members (excludes halogenated alkanes) is 1. The summed E-state index contributed by atoms with van der Waals surface area (Å²) in [6.45, 7) is 4.40. The maximum atomic E-state index is 12.7. The lowest BCUT2D eigenvalue weighted by atomic mass is 9.94. The first kappa shape index (κ1) is 20.2. The van der Waals surface area contributed by atoms with E-state index in [4.69, 9.17) is 9.47 Å². The average Bonchev–Trinajstić information content (AvgIpc) is 2.99. The Morgan fingerprint density at radius 3 is 2.82 bits per heavy atom. The van der Waals surface area contributed by atoms with E-state index in [1.165, 1.54) is 4.57 Å². The smallest absolute Gasteiger partial charge is 0.407 e. The van der Waals surface area contributed by atoms with Crippen molar-refractivity contribution < 1.29 is 24.2 Å². The van der Waals surface area contributed by atoms with Gasteiger partial charge >= 0.3 is 12.1 Å². The zero-order valence-electron chi connectivity index (χ0n) is 16.3. The summed E-state index contributed by atoms with van der Waals surface area (Å²) >= 11 is 0. The van der Waals surface area contributed by atoms with Crippen LogP contribution in [0.3, 0.4) is 0 Å². The summed E-state index contributed by atoms with van der Waals surface area (Å²) in [6.07, 6.45) is 3.90. The molecule has 0 spiro atoms. The number of esters is 1. The summed E-state index contributed by atoms with van der Waals surface area (Å²) in [5.74, 6) is -0.989. The maximum Gasteiger partial charge on any atom is 0.407 e. The number of aromatic nitrogens is 2. The Morgan fingerprint density at radius 2 is 2.11 bits per heavy atom. The largest absolute Gasteiger partial charge is 0.501 e. The number of aromatic hydroxyl groups is 1. The Balaban J connectivity index is 2.02. The second-order valence-corrected chi connectivity index (χ2v) is 7.40. The van der Waals surface area contributed by atoms with Crippen LogP contribution in [-0.2, 0) is 21.6 Å². The zero-order valence-corrected chi connectivity index (χ0v) is 16.3. The maximum absolute atomic E-state index is 12.7. The van der Waals surface area contributed by atoms with Crippen molar-refractivity contribution in [2.24, 2.45) is 5.92 Å². The summed E-state index contributed by atoms with van der Waals surface area (Å²) in [7, 11) is 0. The van der Waals surface area contributed by atoms with Crippen molar-refractivity contribution in [3.63, 3.8) is 0 Å². The van der Waals surface area contributed by atoms with Gasteiger partial charge in [-0.25, -0.2) is 14.6 Å². The van der Waals surface area contributed by atoms with E-state index < -0.39 is 34.6 Å². The second kappa shape index (κ2) is 8.20. The van der Waals surface area contributed by atoms with Gasteiger partial charge in [0.2, 0.25) is 5.75 Å². The van der Waals surface area contributed by atoms with Gasteiger partial charge in [-0.05, 0) is 44.9 Å². The molecule has 2 aliphatic rings. The molecule has 9 heteroatoms. The molecule has 2 unspecified atom stereocenters. The number of rotatable bonds is 6. The van der Waals surface area contributed by atoms with E-state index >= 15 is 0 Å². The lowest BCUT2D eigenvalue weighted by molar-refractivity contribution is 0.0513. The van der Waals surface area contributed by atoms with Crippen molar-refractivity contribution in [2.45, 2.75) is 64.5 Å². The number of hydrogen-bond acceptors (Lipinski definition) is 7. The topological polar surface area (TPSA) is 120 Å². The first-order valence-corrected chi connectivity index (χ1v) is 9.88. The van der Waals surface area contributed by atoms with Crippen molar-refractivity contribution in [1.29, 1.82) is 0 Å². The summed E-state index contributed by atoms with van der Waals surface area (Å²) in [6, 6.07) is 0. The minimum absolute atomic E-state index is 0.0909. The molecule has 1 fully saturated rings. The quantitative estimate of drug-likeness (QED) is 0.560. The summed E-state index contributed by atoms with van der Waals surface area (Å²) in [4.78, 5) is 41.6. The monoisotopic (exact) mass is 393 g/mol. The number of alkyl carbamates (subject to hydrolysis) is 1. The molecule has 1 aromatic heterocycles. The molecule has 0 saturated heterocycles. The Hall–Kier alpha value is -2.58. The average molecular weight is 393 g/mol. The second-order valence-electron chi connectivity index (χ2n) is 7.40. The third kappa shape index (κ3) is 3.70.